The van der Waals surface area contributed by atoms with Crippen LogP contribution in [0.5, 0.6) is 0 Å². The van der Waals surface area contributed by atoms with E-state index in [0.29, 0.717) is 12.6 Å². The van der Waals surface area contributed by atoms with E-state index in [1.54, 1.807) is 0 Å². The van der Waals surface area contributed by atoms with Crippen LogP contribution in [0.25, 0.3) is 0 Å². The van der Waals surface area contributed by atoms with Gasteiger partial charge in [0.25, 0.3) is 0 Å². The van der Waals surface area contributed by atoms with Crippen molar-refractivity contribution in [3.8, 4) is 0 Å². The van der Waals surface area contributed by atoms with Crippen LogP contribution < -0.4 is 10.6 Å². The first-order valence-corrected chi connectivity index (χ1v) is 7.48. The standard InChI is InChI=1S/C16H22N2O4/c1-22-16(21)17-10-11-3-2-4-14(9-11)18-13-7-5-12(6-8-13)15(19)20/h2-4,9,12-13,18H,5-8,10H2,1H3,(H,17,21)(H,19,20). The van der Waals surface area contributed by atoms with Gasteiger partial charge in [-0.05, 0) is 43.4 Å². The third-order valence-electron chi connectivity index (χ3n) is 4.00. The van der Waals surface area contributed by atoms with Crippen LogP contribution in [0.15, 0.2) is 24.3 Å². The first-order valence-electron chi connectivity index (χ1n) is 7.48. The lowest BCUT2D eigenvalue weighted by Crippen LogP contribution is -2.29. The Bertz CT molecular complexity index is 525. The van der Waals surface area contributed by atoms with E-state index in [1.807, 2.05) is 24.3 Å². The van der Waals surface area contributed by atoms with Crippen LogP contribution in [-0.4, -0.2) is 30.3 Å². The van der Waals surface area contributed by atoms with Crippen LogP contribution in [0, 0.1) is 5.92 Å². The van der Waals surface area contributed by atoms with Gasteiger partial charge in [-0.2, -0.15) is 0 Å². The molecule has 2 rings (SSSR count). The number of carboxylic acid groups (broad SMARTS) is 1. The van der Waals surface area contributed by atoms with Gasteiger partial charge in [-0.15, -0.1) is 0 Å². The highest BCUT2D eigenvalue weighted by Gasteiger charge is 2.25. The molecule has 1 amide bonds. The van der Waals surface area contributed by atoms with Crippen molar-refractivity contribution < 1.29 is 19.4 Å². The van der Waals surface area contributed by atoms with Crippen molar-refractivity contribution in [1.29, 1.82) is 0 Å². The molecule has 3 N–H and O–H groups in total. The molecule has 0 unspecified atom stereocenters. The van der Waals surface area contributed by atoms with Crippen molar-refractivity contribution in [2.75, 3.05) is 12.4 Å². The van der Waals surface area contributed by atoms with E-state index < -0.39 is 12.1 Å². The first-order chi connectivity index (χ1) is 10.6. The third-order valence-corrected chi connectivity index (χ3v) is 4.00. The fourth-order valence-corrected chi connectivity index (χ4v) is 2.74. The maximum Gasteiger partial charge on any atom is 0.407 e. The lowest BCUT2D eigenvalue weighted by atomic mass is 9.86. The Labute approximate surface area is 129 Å². The number of nitrogens with one attached hydrogen (secondary N) is 2. The predicted molar refractivity (Wildman–Crippen MR) is 82.7 cm³/mol. The molecule has 0 aliphatic heterocycles. The van der Waals surface area contributed by atoms with Crippen molar-refractivity contribution in [2.45, 2.75) is 38.3 Å². The van der Waals surface area contributed by atoms with Crippen LogP contribution in [0.4, 0.5) is 10.5 Å². The summed E-state index contributed by atoms with van der Waals surface area (Å²) in [6, 6.07) is 8.13. The molecule has 1 aromatic carbocycles. The second-order valence-electron chi connectivity index (χ2n) is 5.58. The average Bonchev–Trinajstić information content (AvgIpc) is 2.53. The Morgan fingerprint density at radius 3 is 2.64 bits per heavy atom. The smallest absolute Gasteiger partial charge is 0.407 e. The molecule has 1 aliphatic carbocycles. The number of hydrogen-bond donors (Lipinski definition) is 3. The molecular weight excluding hydrogens is 284 g/mol. The molecule has 120 valence electrons. The zero-order valence-electron chi connectivity index (χ0n) is 12.7. The van der Waals surface area contributed by atoms with Gasteiger partial charge in [-0.25, -0.2) is 4.79 Å². The summed E-state index contributed by atoms with van der Waals surface area (Å²) in [5.41, 5.74) is 1.97. The molecule has 0 aromatic heterocycles. The summed E-state index contributed by atoms with van der Waals surface area (Å²) in [4.78, 5) is 22.0. The summed E-state index contributed by atoms with van der Waals surface area (Å²) < 4.78 is 4.54. The molecule has 0 atom stereocenters. The number of methoxy groups -OCH3 is 1. The fourth-order valence-electron chi connectivity index (χ4n) is 2.74. The number of benzene rings is 1. The van der Waals surface area contributed by atoms with Gasteiger partial charge in [0.2, 0.25) is 0 Å². The highest BCUT2D eigenvalue weighted by Crippen LogP contribution is 2.27. The molecular formula is C16H22N2O4. The number of carbonyl (C=O) groups excluding carboxylic acids is 1. The molecule has 0 radical (unpaired) electrons. The number of alkyl carbamates (subject to hydrolysis) is 1. The average molecular weight is 306 g/mol. The number of ether oxygens (including phenoxy) is 1. The molecule has 1 aliphatic rings. The normalized spacial score (nSPS) is 21.0. The van der Waals surface area contributed by atoms with Crippen molar-refractivity contribution in [1.82, 2.24) is 5.32 Å². The Kier molecular flexibility index (Phi) is 5.63. The second-order valence-corrected chi connectivity index (χ2v) is 5.58. The minimum absolute atomic E-state index is 0.200. The van der Waals surface area contributed by atoms with Gasteiger partial charge < -0.3 is 20.5 Å². The number of carboxylic acids is 1. The van der Waals surface area contributed by atoms with Gasteiger partial charge in [0, 0.05) is 18.3 Å². The molecule has 0 heterocycles. The third kappa shape index (κ3) is 4.65. The topological polar surface area (TPSA) is 87.7 Å². The summed E-state index contributed by atoms with van der Waals surface area (Å²) in [6.07, 6.45) is 2.71. The van der Waals surface area contributed by atoms with Crippen molar-refractivity contribution in [3.05, 3.63) is 29.8 Å². The summed E-state index contributed by atoms with van der Waals surface area (Å²) in [6.45, 7) is 0.411. The zero-order chi connectivity index (χ0) is 15.9. The summed E-state index contributed by atoms with van der Waals surface area (Å²) in [5.74, 6) is -0.886. The molecule has 0 spiro atoms. The number of carbonyl (C=O) groups is 2. The number of rotatable bonds is 5. The van der Waals surface area contributed by atoms with Crippen LogP contribution in [0.1, 0.15) is 31.2 Å². The Morgan fingerprint density at radius 2 is 2.00 bits per heavy atom. The lowest BCUT2D eigenvalue weighted by Gasteiger charge is -2.27. The van der Waals surface area contributed by atoms with Gasteiger partial charge in [-0.3, -0.25) is 4.79 Å². The maximum atomic E-state index is 11.1. The predicted octanol–water partition coefficient (Wildman–Crippen LogP) is 2.60. The first kappa shape index (κ1) is 16.1. The number of amides is 1. The van der Waals surface area contributed by atoms with Gasteiger partial charge in [0.15, 0.2) is 0 Å². The Hall–Kier alpha value is -2.24. The highest BCUT2D eigenvalue weighted by atomic mass is 16.5. The van der Waals surface area contributed by atoms with E-state index in [2.05, 4.69) is 15.4 Å². The molecule has 6 nitrogen and oxygen atoms in total. The van der Waals surface area contributed by atoms with Crippen LogP contribution in [0.2, 0.25) is 0 Å². The van der Waals surface area contributed by atoms with E-state index >= 15 is 0 Å². The van der Waals surface area contributed by atoms with E-state index in [0.717, 1.165) is 36.9 Å². The maximum absolute atomic E-state index is 11.1. The number of aliphatic carboxylic acids is 1. The van der Waals surface area contributed by atoms with Crippen LogP contribution >= 0.6 is 0 Å². The SMILES string of the molecule is COC(=O)NCc1cccc(NC2CCC(C(=O)O)CC2)c1. The van der Waals surface area contributed by atoms with Crippen molar-refractivity contribution in [3.63, 3.8) is 0 Å². The number of anilines is 1. The molecule has 1 fully saturated rings. The molecule has 0 bridgehead atoms. The fraction of sp³-hybridized carbons (Fsp3) is 0.500. The highest BCUT2D eigenvalue weighted by molar-refractivity contribution is 5.70. The van der Waals surface area contributed by atoms with Crippen molar-refractivity contribution in [2.24, 2.45) is 5.92 Å². The van der Waals surface area contributed by atoms with Crippen LogP contribution in [0.3, 0.4) is 0 Å². The van der Waals surface area contributed by atoms with Gasteiger partial charge in [-0.1, -0.05) is 12.1 Å². The van der Waals surface area contributed by atoms with Gasteiger partial charge in [0.1, 0.15) is 0 Å². The van der Waals surface area contributed by atoms with E-state index in [9.17, 15) is 9.59 Å². The molecule has 0 saturated heterocycles. The van der Waals surface area contributed by atoms with Gasteiger partial charge in [0.05, 0.1) is 13.0 Å². The van der Waals surface area contributed by atoms with Crippen LogP contribution in [-0.2, 0) is 16.1 Å². The number of hydrogen-bond acceptors (Lipinski definition) is 4. The Balaban J connectivity index is 1.85. The van der Waals surface area contributed by atoms with E-state index in [1.165, 1.54) is 7.11 Å². The van der Waals surface area contributed by atoms with E-state index in [4.69, 9.17) is 5.11 Å². The van der Waals surface area contributed by atoms with Crippen molar-refractivity contribution >= 4 is 17.7 Å². The minimum atomic E-state index is -0.686. The summed E-state index contributed by atoms with van der Waals surface area (Å²) >= 11 is 0. The molecule has 22 heavy (non-hydrogen) atoms. The summed E-state index contributed by atoms with van der Waals surface area (Å²) in [5, 5.41) is 15.1. The molecule has 1 saturated carbocycles. The minimum Gasteiger partial charge on any atom is -0.481 e. The van der Waals surface area contributed by atoms with Gasteiger partial charge >= 0.3 is 12.1 Å². The largest absolute Gasteiger partial charge is 0.481 e. The quantitative estimate of drug-likeness (QED) is 0.778. The molecule has 1 aromatic rings. The van der Waals surface area contributed by atoms with E-state index in [-0.39, 0.29) is 5.92 Å². The molecule has 6 heteroatoms. The summed E-state index contributed by atoms with van der Waals surface area (Å²) in [7, 11) is 1.33. The lowest BCUT2D eigenvalue weighted by molar-refractivity contribution is -0.142. The monoisotopic (exact) mass is 306 g/mol. The Morgan fingerprint density at radius 1 is 1.27 bits per heavy atom. The zero-order valence-corrected chi connectivity index (χ0v) is 12.7. The second kappa shape index (κ2) is 7.68.